The van der Waals surface area contributed by atoms with Gasteiger partial charge in [-0.05, 0) is 62.4 Å². The molecule has 1 aromatic rings. The molecule has 1 N–H and O–H groups in total. The number of rotatable bonds is 5. The molecule has 0 unspecified atom stereocenters. The van der Waals surface area contributed by atoms with Gasteiger partial charge in [0.25, 0.3) is 5.91 Å². The standard InChI is InChI=1S/C20H31N3O3S/c1-4-23(5-2)27(25,26)18-7-6-15(3)19(12-18)20(24)22-10-8-16-13-21-14-17(16)9-11-22/h6-7,12,16-17,21H,4-5,8-11,13-14H2,1-3H3/t16-,17+. The number of fused-ring (bicyclic) bond motifs is 1. The van der Waals surface area contributed by atoms with E-state index >= 15 is 0 Å². The quantitative estimate of drug-likeness (QED) is 0.832. The van der Waals surface area contributed by atoms with Crippen molar-refractivity contribution >= 4 is 15.9 Å². The van der Waals surface area contributed by atoms with E-state index in [0.29, 0.717) is 30.5 Å². The minimum absolute atomic E-state index is 0.0444. The van der Waals surface area contributed by atoms with Crippen LogP contribution in [0.2, 0.25) is 0 Å². The van der Waals surface area contributed by atoms with E-state index in [-0.39, 0.29) is 10.8 Å². The number of likely N-dealkylation sites (tertiary alicyclic amines) is 1. The molecule has 0 aromatic heterocycles. The molecule has 0 spiro atoms. The van der Waals surface area contributed by atoms with Gasteiger partial charge in [0.05, 0.1) is 4.90 Å². The molecule has 27 heavy (non-hydrogen) atoms. The van der Waals surface area contributed by atoms with E-state index in [0.717, 1.165) is 44.6 Å². The van der Waals surface area contributed by atoms with Crippen molar-refractivity contribution in [3.63, 3.8) is 0 Å². The molecule has 2 saturated heterocycles. The number of carbonyl (C=O) groups is 1. The second-order valence-electron chi connectivity index (χ2n) is 7.61. The SMILES string of the molecule is CCN(CC)S(=O)(=O)c1ccc(C)c(C(=O)N2CC[C@@H]3CNC[C@@H]3CC2)c1. The third-order valence-electron chi connectivity index (χ3n) is 6.09. The zero-order valence-corrected chi connectivity index (χ0v) is 17.4. The zero-order chi connectivity index (χ0) is 19.6. The van der Waals surface area contributed by atoms with Crippen LogP contribution < -0.4 is 5.32 Å². The largest absolute Gasteiger partial charge is 0.339 e. The van der Waals surface area contributed by atoms with Gasteiger partial charge in [0.2, 0.25) is 10.0 Å². The number of benzene rings is 1. The molecule has 2 heterocycles. The van der Waals surface area contributed by atoms with E-state index in [1.54, 1.807) is 18.2 Å². The Bertz CT molecular complexity index is 776. The first kappa shape index (κ1) is 20.3. The van der Waals surface area contributed by atoms with E-state index in [9.17, 15) is 13.2 Å². The fraction of sp³-hybridized carbons (Fsp3) is 0.650. The van der Waals surface area contributed by atoms with Gasteiger partial charge >= 0.3 is 0 Å². The van der Waals surface area contributed by atoms with Crippen LogP contribution in [0.1, 0.15) is 42.6 Å². The number of hydrogen-bond donors (Lipinski definition) is 1. The maximum absolute atomic E-state index is 13.2. The van der Waals surface area contributed by atoms with Crippen molar-refractivity contribution in [1.29, 1.82) is 0 Å². The predicted octanol–water partition coefficient (Wildman–Crippen LogP) is 2.10. The minimum atomic E-state index is -3.57. The predicted molar refractivity (Wildman–Crippen MR) is 106 cm³/mol. The summed E-state index contributed by atoms with van der Waals surface area (Å²) in [6, 6.07) is 4.93. The molecule has 2 aliphatic heterocycles. The molecule has 2 fully saturated rings. The van der Waals surface area contributed by atoms with Crippen molar-refractivity contribution in [3.8, 4) is 0 Å². The first-order valence-corrected chi connectivity index (χ1v) is 11.4. The van der Waals surface area contributed by atoms with Crippen molar-refractivity contribution in [1.82, 2.24) is 14.5 Å². The summed E-state index contributed by atoms with van der Waals surface area (Å²) in [6.07, 6.45) is 2.03. The first-order chi connectivity index (χ1) is 12.9. The number of carbonyl (C=O) groups excluding carboxylic acids is 1. The zero-order valence-electron chi connectivity index (χ0n) is 16.6. The average Bonchev–Trinajstić information content (AvgIpc) is 3.00. The lowest BCUT2D eigenvalue weighted by Gasteiger charge is -2.23. The van der Waals surface area contributed by atoms with Crippen LogP contribution in [0, 0.1) is 18.8 Å². The number of hydrogen-bond acceptors (Lipinski definition) is 4. The molecular formula is C20H31N3O3S. The Hall–Kier alpha value is -1.44. The maximum Gasteiger partial charge on any atom is 0.254 e. The topological polar surface area (TPSA) is 69.7 Å². The van der Waals surface area contributed by atoms with Gasteiger partial charge in [-0.25, -0.2) is 8.42 Å². The summed E-state index contributed by atoms with van der Waals surface area (Å²) >= 11 is 0. The van der Waals surface area contributed by atoms with Crippen LogP contribution in [0.4, 0.5) is 0 Å². The second-order valence-corrected chi connectivity index (χ2v) is 9.55. The number of amides is 1. The van der Waals surface area contributed by atoms with Crippen LogP contribution in [0.3, 0.4) is 0 Å². The Labute approximate surface area is 163 Å². The highest BCUT2D eigenvalue weighted by molar-refractivity contribution is 7.89. The van der Waals surface area contributed by atoms with E-state index in [4.69, 9.17) is 0 Å². The van der Waals surface area contributed by atoms with Crippen LogP contribution >= 0.6 is 0 Å². The maximum atomic E-state index is 13.2. The van der Waals surface area contributed by atoms with Gasteiger partial charge in [-0.15, -0.1) is 0 Å². The fourth-order valence-corrected chi connectivity index (χ4v) is 5.78. The van der Waals surface area contributed by atoms with Crippen molar-refractivity contribution < 1.29 is 13.2 Å². The summed E-state index contributed by atoms with van der Waals surface area (Å²) in [4.78, 5) is 15.3. The highest BCUT2D eigenvalue weighted by Crippen LogP contribution is 2.28. The molecule has 0 bridgehead atoms. The summed E-state index contributed by atoms with van der Waals surface area (Å²) in [6.45, 7) is 9.93. The molecule has 150 valence electrons. The summed E-state index contributed by atoms with van der Waals surface area (Å²) in [5.74, 6) is 1.26. The van der Waals surface area contributed by atoms with Crippen LogP contribution in [0.25, 0.3) is 0 Å². The van der Waals surface area contributed by atoms with Crippen LogP contribution in [-0.4, -0.2) is 62.8 Å². The van der Waals surface area contributed by atoms with Crippen LogP contribution in [0.15, 0.2) is 23.1 Å². The van der Waals surface area contributed by atoms with Gasteiger partial charge in [-0.3, -0.25) is 4.79 Å². The average molecular weight is 394 g/mol. The van der Waals surface area contributed by atoms with Gasteiger partial charge in [-0.2, -0.15) is 4.31 Å². The van der Waals surface area contributed by atoms with Crippen molar-refractivity contribution in [2.45, 2.75) is 38.5 Å². The van der Waals surface area contributed by atoms with Crippen molar-refractivity contribution in [2.75, 3.05) is 39.3 Å². The van der Waals surface area contributed by atoms with E-state index in [1.165, 1.54) is 4.31 Å². The molecule has 1 aromatic carbocycles. The molecule has 0 radical (unpaired) electrons. The van der Waals surface area contributed by atoms with Crippen molar-refractivity contribution in [2.24, 2.45) is 11.8 Å². The molecule has 7 heteroatoms. The monoisotopic (exact) mass is 393 g/mol. The smallest absolute Gasteiger partial charge is 0.254 e. The third kappa shape index (κ3) is 4.05. The molecule has 0 aliphatic carbocycles. The fourth-order valence-electron chi connectivity index (χ4n) is 4.30. The highest BCUT2D eigenvalue weighted by Gasteiger charge is 2.32. The van der Waals surface area contributed by atoms with Gasteiger partial charge in [0, 0.05) is 31.7 Å². The summed E-state index contributed by atoms with van der Waals surface area (Å²) < 4.78 is 27.1. The minimum Gasteiger partial charge on any atom is -0.339 e. The second kappa shape index (κ2) is 8.29. The summed E-state index contributed by atoms with van der Waals surface area (Å²) in [5, 5.41) is 3.45. The Morgan fingerprint density at radius 3 is 2.30 bits per heavy atom. The molecule has 2 atom stereocenters. The summed E-state index contributed by atoms with van der Waals surface area (Å²) in [7, 11) is -3.57. The van der Waals surface area contributed by atoms with Crippen molar-refractivity contribution in [3.05, 3.63) is 29.3 Å². The van der Waals surface area contributed by atoms with Gasteiger partial charge in [-0.1, -0.05) is 19.9 Å². The molecule has 3 rings (SSSR count). The number of nitrogens with one attached hydrogen (secondary N) is 1. The Morgan fingerprint density at radius 2 is 1.74 bits per heavy atom. The number of nitrogens with zero attached hydrogens (tertiary/aromatic N) is 2. The lowest BCUT2D eigenvalue weighted by molar-refractivity contribution is 0.0757. The molecule has 0 saturated carbocycles. The molecule has 2 aliphatic rings. The van der Waals surface area contributed by atoms with E-state index in [2.05, 4.69) is 5.32 Å². The van der Waals surface area contributed by atoms with E-state index < -0.39 is 10.0 Å². The Balaban J connectivity index is 1.84. The van der Waals surface area contributed by atoms with E-state index in [1.807, 2.05) is 25.7 Å². The van der Waals surface area contributed by atoms with Gasteiger partial charge in [0.1, 0.15) is 0 Å². The molecule has 1 amide bonds. The molecular weight excluding hydrogens is 362 g/mol. The number of sulfonamides is 1. The lowest BCUT2D eigenvalue weighted by atomic mass is 9.92. The number of aryl methyl sites for hydroxylation is 1. The third-order valence-corrected chi connectivity index (χ3v) is 8.14. The summed E-state index contributed by atoms with van der Waals surface area (Å²) in [5.41, 5.74) is 1.33. The first-order valence-electron chi connectivity index (χ1n) is 9.99. The Morgan fingerprint density at radius 1 is 1.15 bits per heavy atom. The van der Waals surface area contributed by atoms with Crippen LogP contribution in [0.5, 0.6) is 0 Å². The molecule has 6 nitrogen and oxygen atoms in total. The normalized spacial score (nSPS) is 23.3. The highest BCUT2D eigenvalue weighted by atomic mass is 32.2. The van der Waals surface area contributed by atoms with Crippen LogP contribution in [-0.2, 0) is 10.0 Å². The lowest BCUT2D eigenvalue weighted by Crippen LogP contribution is -2.34. The van der Waals surface area contributed by atoms with Gasteiger partial charge in [0.15, 0.2) is 0 Å². The Kier molecular flexibility index (Phi) is 6.23. The van der Waals surface area contributed by atoms with Gasteiger partial charge < -0.3 is 10.2 Å².